The highest BCUT2D eigenvalue weighted by atomic mass is 35.5. The number of anilines is 1. The average Bonchev–Trinajstić information content (AvgIpc) is 2.72. The molecule has 4 heteroatoms. The SMILES string of the molecule is Fc1ccc(Cl)c(NCC2CCCN2)c1. The third-order valence-corrected chi connectivity index (χ3v) is 2.96. The molecule has 82 valence electrons. The van der Waals surface area contributed by atoms with E-state index in [1.807, 2.05) is 0 Å². The lowest BCUT2D eigenvalue weighted by atomic mass is 10.2. The van der Waals surface area contributed by atoms with Gasteiger partial charge in [-0.1, -0.05) is 11.6 Å². The van der Waals surface area contributed by atoms with Gasteiger partial charge < -0.3 is 10.6 Å². The fourth-order valence-electron chi connectivity index (χ4n) is 1.80. The van der Waals surface area contributed by atoms with Crippen LogP contribution < -0.4 is 10.6 Å². The van der Waals surface area contributed by atoms with E-state index in [0.717, 1.165) is 13.1 Å². The second-order valence-corrected chi connectivity index (χ2v) is 4.21. The van der Waals surface area contributed by atoms with E-state index in [0.29, 0.717) is 16.8 Å². The largest absolute Gasteiger partial charge is 0.382 e. The highest BCUT2D eigenvalue weighted by Crippen LogP contribution is 2.22. The molecule has 0 saturated carbocycles. The Morgan fingerprint density at radius 2 is 2.40 bits per heavy atom. The van der Waals surface area contributed by atoms with Crippen molar-refractivity contribution in [3.05, 3.63) is 29.0 Å². The summed E-state index contributed by atoms with van der Waals surface area (Å²) in [6.45, 7) is 1.87. The first-order valence-electron chi connectivity index (χ1n) is 5.18. The van der Waals surface area contributed by atoms with Gasteiger partial charge in [-0.15, -0.1) is 0 Å². The van der Waals surface area contributed by atoms with Gasteiger partial charge in [-0.3, -0.25) is 0 Å². The molecule has 0 radical (unpaired) electrons. The molecule has 1 fully saturated rings. The number of hydrogen-bond acceptors (Lipinski definition) is 2. The van der Waals surface area contributed by atoms with E-state index in [2.05, 4.69) is 10.6 Å². The molecule has 0 aliphatic carbocycles. The van der Waals surface area contributed by atoms with Gasteiger partial charge in [-0.25, -0.2) is 4.39 Å². The summed E-state index contributed by atoms with van der Waals surface area (Å²) in [5.41, 5.74) is 0.672. The van der Waals surface area contributed by atoms with E-state index in [9.17, 15) is 4.39 Å². The Bertz CT molecular complexity index is 337. The summed E-state index contributed by atoms with van der Waals surface area (Å²) in [4.78, 5) is 0. The molecule has 1 heterocycles. The first-order chi connectivity index (χ1) is 7.25. The summed E-state index contributed by atoms with van der Waals surface area (Å²) >= 11 is 5.93. The lowest BCUT2D eigenvalue weighted by Crippen LogP contribution is -2.29. The molecule has 1 saturated heterocycles. The third-order valence-electron chi connectivity index (χ3n) is 2.63. The number of hydrogen-bond donors (Lipinski definition) is 2. The van der Waals surface area contributed by atoms with Crippen LogP contribution in [0.2, 0.25) is 5.02 Å². The van der Waals surface area contributed by atoms with Crippen LogP contribution in [0.3, 0.4) is 0 Å². The fraction of sp³-hybridized carbons (Fsp3) is 0.455. The van der Waals surface area contributed by atoms with Crippen molar-refractivity contribution in [2.45, 2.75) is 18.9 Å². The molecule has 1 aromatic rings. The Morgan fingerprint density at radius 3 is 3.13 bits per heavy atom. The summed E-state index contributed by atoms with van der Waals surface area (Å²) in [6, 6.07) is 4.84. The number of nitrogens with one attached hydrogen (secondary N) is 2. The minimum absolute atomic E-state index is 0.263. The highest BCUT2D eigenvalue weighted by molar-refractivity contribution is 6.33. The highest BCUT2D eigenvalue weighted by Gasteiger charge is 2.13. The maximum absolute atomic E-state index is 12.9. The Hall–Kier alpha value is -0.800. The van der Waals surface area contributed by atoms with Crippen LogP contribution in [0.25, 0.3) is 0 Å². The van der Waals surface area contributed by atoms with Crippen LogP contribution in [0.1, 0.15) is 12.8 Å². The van der Waals surface area contributed by atoms with Crippen LogP contribution in [0, 0.1) is 5.82 Å². The van der Waals surface area contributed by atoms with Crippen molar-refractivity contribution in [3.8, 4) is 0 Å². The molecule has 1 unspecified atom stereocenters. The molecule has 0 bridgehead atoms. The molecule has 0 aromatic heterocycles. The van der Waals surface area contributed by atoms with Gasteiger partial charge in [-0.2, -0.15) is 0 Å². The van der Waals surface area contributed by atoms with Crippen molar-refractivity contribution in [1.82, 2.24) is 5.32 Å². The van der Waals surface area contributed by atoms with Gasteiger partial charge in [0, 0.05) is 12.6 Å². The zero-order valence-electron chi connectivity index (χ0n) is 8.39. The van der Waals surface area contributed by atoms with Gasteiger partial charge in [0.1, 0.15) is 5.82 Å². The molecule has 2 N–H and O–H groups in total. The molecule has 1 aliphatic heterocycles. The summed E-state index contributed by atoms with van der Waals surface area (Å²) < 4.78 is 12.9. The number of benzene rings is 1. The van der Waals surface area contributed by atoms with E-state index in [4.69, 9.17) is 11.6 Å². The molecule has 2 nitrogen and oxygen atoms in total. The van der Waals surface area contributed by atoms with Crippen LogP contribution >= 0.6 is 11.6 Å². The first-order valence-corrected chi connectivity index (χ1v) is 5.56. The molecular weight excluding hydrogens is 215 g/mol. The van der Waals surface area contributed by atoms with E-state index < -0.39 is 0 Å². The smallest absolute Gasteiger partial charge is 0.125 e. The Labute approximate surface area is 93.8 Å². The third kappa shape index (κ3) is 2.83. The van der Waals surface area contributed by atoms with Crippen molar-refractivity contribution in [3.63, 3.8) is 0 Å². The minimum atomic E-state index is -0.263. The van der Waals surface area contributed by atoms with E-state index in [1.165, 1.54) is 25.0 Å². The Morgan fingerprint density at radius 1 is 1.53 bits per heavy atom. The zero-order chi connectivity index (χ0) is 10.7. The topological polar surface area (TPSA) is 24.1 Å². The van der Waals surface area contributed by atoms with Crippen molar-refractivity contribution >= 4 is 17.3 Å². The van der Waals surface area contributed by atoms with E-state index in [1.54, 1.807) is 6.07 Å². The second kappa shape index (κ2) is 4.81. The number of rotatable bonds is 3. The maximum Gasteiger partial charge on any atom is 0.125 e. The standard InChI is InChI=1S/C11H14ClFN2/c12-10-4-3-8(13)6-11(10)15-7-9-2-1-5-14-9/h3-4,6,9,14-15H,1-2,5,7H2. The predicted molar refractivity (Wildman–Crippen MR) is 60.9 cm³/mol. The van der Waals surface area contributed by atoms with Crippen LogP contribution in [-0.4, -0.2) is 19.1 Å². The molecule has 15 heavy (non-hydrogen) atoms. The average molecular weight is 229 g/mol. The van der Waals surface area contributed by atoms with Crippen molar-refractivity contribution in [2.75, 3.05) is 18.4 Å². The van der Waals surface area contributed by atoms with Gasteiger partial charge in [0.15, 0.2) is 0 Å². The van der Waals surface area contributed by atoms with E-state index in [-0.39, 0.29) is 5.82 Å². The zero-order valence-corrected chi connectivity index (χ0v) is 9.15. The second-order valence-electron chi connectivity index (χ2n) is 3.80. The Balaban J connectivity index is 1.94. The molecule has 0 spiro atoms. The quantitative estimate of drug-likeness (QED) is 0.831. The predicted octanol–water partition coefficient (Wildman–Crippen LogP) is 2.64. The first kappa shape index (κ1) is 10.7. The number of halogens is 2. The van der Waals surface area contributed by atoms with Crippen molar-refractivity contribution < 1.29 is 4.39 Å². The minimum Gasteiger partial charge on any atom is -0.382 e. The van der Waals surface area contributed by atoms with Crippen molar-refractivity contribution in [1.29, 1.82) is 0 Å². The normalized spacial score (nSPS) is 20.5. The molecule has 1 atom stereocenters. The Kier molecular flexibility index (Phi) is 3.44. The van der Waals surface area contributed by atoms with Gasteiger partial charge in [0.2, 0.25) is 0 Å². The molecule has 0 amide bonds. The van der Waals surface area contributed by atoms with Gasteiger partial charge in [-0.05, 0) is 37.6 Å². The summed E-state index contributed by atoms with van der Waals surface area (Å²) in [7, 11) is 0. The van der Waals surface area contributed by atoms with Crippen molar-refractivity contribution in [2.24, 2.45) is 0 Å². The molecule has 1 aromatic carbocycles. The van der Waals surface area contributed by atoms with Gasteiger partial charge >= 0.3 is 0 Å². The summed E-state index contributed by atoms with van der Waals surface area (Å²) in [5, 5.41) is 7.09. The van der Waals surface area contributed by atoms with Gasteiger partial charge in [0.25, 0.3) is 0 Å². The summed E-state index contributed by atoms with van der Waals surface area (Å²) in [5.74, 6) is -0.263. The van der Waals surface area contributed by atoms with Gasteiger partial charge in [0.05, 0.1) is 10.7 Å². The van der Waals surface area contributed by atoms with Crippen LogP contribution in [-0.2, 0) is 0 Å². The molecule has 1 aliphatic rings. The summed E-state index contributed by atoms with van der Waals surface area (Å²) in [6.07, 6.45) is 2.38. The van der Waals surface area contributed by atoms with Crippen LogP contribution in [0.5, 0.6) is 0 Å². The molecular formula is C11H14ClFN2. The lowest BCUT2D eigenvalue weighted by molar-refractivity contribution is 0.623. The lowest BCUT2D eigenvalue weighted by Gasteiger charge is -2.13. The van der Waals surface area contributed by atoms with Crippen LogP contribution in [0.4, 0.5) is 10.1 Å². The monoisotopic (exact) mass is 228 g/mol. The van der Waals surface area contributed by atoms with Crippen LogP contribution in [0.15, 0.2) is 18.2 Å². The fourth-order valence-corrected chi connectivity index (χ4v) is 1.98. The van der Waals surface area contributed by atoms with E-state index >= 15 is 0 Å². The maximum atomic E-state index is 12.9. The molecule has 2 rings (SSSR count).